The fourth-order valence-electron chi connectivity index (χ4n) is 5.58. The number of aliphatic hydroxyl groups excluding tert-OH is 3. The summed E-state index contributed by atoms with van der Waals surface area (Å²) in [6.07, 6.45) is -1.59. The Morgan fingerprint density at radius 3 is 2.34 bits per heavy atom. The van der Waals surface area contributed by atoms with E-state index in [4.69, 9.17) is 5.73 Å². The molecule has 32 heavy (non-hydrogen) atoms. The van der Waals surface area contributed by atoms with Crippen LogP contribution in [0.2, 0.25) is 0 Å². The van der Waals surface area contributed by atoms with Crippen LogP contribution >= 0.6 is 0 Å². The number of aliphatic hydroxyl groups is 4. The van der Waals surface area contributed by atoms with E-state index >= 15 is 0 Å². The lowest BCUT2D eigenvalue weighted by atomic mass is 9.54. The van der Waals surface area contributed by atoms with Gasteiger partial charge in [-0.25, -0.2) is 0 Å². The zero-order valence-corrected chi connectivity index (χ0v) is 17.6. The van der Waals surface area contributed by atoms with Gasteiger partial charge in [0.1, 0.15) is 22.8 Å². The van der Waals surface area contributed by atoms with Gasteiger partial charge in [-0.3, -0.25) is 19.3 Å². The monoisotopic (exact) mass is 444 g/mol. The van der Waals surface area contributed by atoms with Crippen LogP contribution in [0.1, 0.15) is 24.0 Å². The summed E-state index contributed by atoms with van der Waals surface area (Å²) in [5, 5.41) is 54.9. The van der Waals surface area contributed by atoms with E-state index in [9.17, 15) is 39.9 Å². The molecule has 4 rings (SSSR count). The van der Waals surface area contributed by atoms with Gasteiger partial charge in [0.15, 0.2) is 11.4 Å². The average molecular weight is 444 g/mol. The van der Waals surface area contributed by atoms with Crippen LogP contribution in [0.3, 0.4) is 0 Å². The van der Waals surface area contributed by atoms with E-state index in [1.165, 1.54) is 25.1 Å². The lowest BCUT2D eigenvalue weighted by Crippen LogP contribution is -2.70. The van der Waals surface area contributed by atoms with Crippen molar-refractivity contribution >= 4 is 23.2 Å². The highest BCUT2D eigenvalue weighted by molar-refractivity contribution is 6.24. The van der Waals surface area contributed by atoms with Crippen LogP contribution in [0.15, 0.2) is 35.1 Å². The third kappa shape index (κ3) is 2.48. The summed E-state index contributed by atoms with van der Waals surface area (Å²) in [5.74, 6) is -8.87. The molecule has 0 spiro atoms. The molecule has 0 saturated heterocycles. The van der Waals surface area contributed by atoms with Gasteiger partial charge in [0.25, 0.3) is 5.91 Å². The molecule has 1 aromatic rings. The number of amides is 1. The number of aromatic hydroxyl groups is 1. The van der Waals surface area contributed by atoms with Gasteiger partial charge in [-0.05, 0) is 31.6 Å². The Labute approximate surface area is 182 Å². The van der Waals surface area contributed by atoms with Crippen LogP contribution in [0.25, 0.3) is 5.76 Å². The molecule has 170 valence electrons. The number of carbonyl (C=O) groups excluding carboxylic acids is 3. The van der Waals surface area contributed by atoms with Crippen molar-refractivity contribution < 1.29 is 39.9 Å². The average Bonchev–Trinajstić information content (AvgIpc) is 2.70. The van der Waals surface area contributed by atoms with Crippen molar-refractivity contribution in [1.82, 2.24) is 4.90 Å². The first kappa shape index (κ1) is 22.0. The predicted octanol–water partition coefficient (Wildman–Crippen LogP) is -0.504. The number of phenols is 1. The molecule has 10 nitrogen and oxygen atoms in total. The number of hydrogen-bond donors (Lipinski definition) is 6. The maximum atomic E-state index is 13.7. The summed E-state index contributed by atoms with van der Waals surface area (Å²) >= 11 is 0. The number of phenolic OH excluding ortho intramolecular Hbond substituents is 1. The molecule has 7 N–H and O–H groups in total. The van der Waals surface area contributed by atoms with Crippen LogP contribution in [-0.2, 0) is 14.4 Å². The third-order valence-electron chi connectivity index (χ3n) is 6.99. The Hall–Kier alpha value is -3.21. The van der Waals surface area contributed by atoms with E-state index in [0.29, 0.717) is 5.56 Å². The smallest absolute Gasteiger partial charge is 0.255 e. The molecule has 0 heterocycles. The van der Waals surface area contributed by atoms with Gasteiger partial charge in [-0.2, -0.15) is 0 Å². The van der Waals surface area contributed by atoms with Gasteiger partial charge in [-0.15, -0.1) is 0 Å². The van der Waals surface area contributed by atoms with Crippen LogP contribution in [0.5, 0.6) is 5.75 Å². The number of primary amides is 1. The van der Waals surface area contributed by atoms with E-state index in [0.717, 1.165) is 0 Å². The van der Waals surface area contributed by atoms with Crippen molar-refractivity contribution in [2.24, 2.45) is 17.6 Å². The van der Waals surface area contributed by atoms with E-state index in [1.807, 2.05) is 0 Å². The molecule has 2 unspecified atom stereocenters. The number of carbonyl (C=O) groups is 3. The van der Waals surface area contributed by atoms with Gasteiger partial charge in [0.05, 0.1) is 23.6 Å². The number of nitrogens with zero attached hydrogens (tertiary/aromatic N) is 1. The molecule has 3 aliphatic carbocycles. The third-order valence-corrected chi connectivity index (χ3v) is 6.99. The molecule has 10 heteroatoms. The number of fused-ring (bicyclic) bond motifs is 3. The maximum Gasteiger partial charge on any atom is 0.255 e. The molecule has 3 aliphatic rings. The van der Waals surface area contributed by atoms with Gasteiger partial charge in [0, 0.05) is 11.5 Å². The van der Waals surface area contributed by atoms with Crippen molar-refractivity contribution in [1.29, 1.82) is 0 Å². The molecular formula is C22H24N2O8. The Balaban J connectivity index is 2.07. The van der Waals surface area contributed by atoms with Crippen molar-refractivity contribution in [3.05, 3.63) is 46.2 Å². The minimum Gasteiger partial charge on any atom is -0.508 e. The predicted molar refractivity (Wildman–Crippen MR) is 110 cm³/mol. The molecule has 6 atom stereocenters. The fraction of sp³-hybridized carbons (Fsp3) is 0.409. The number of nitrogens with two attached hydrogens (primary N) is 1. The summed E-state index contributed by atoms with van der Waals surface area (Å²) < 4.78 is 0. The topological polar surface area (TPSA) is 182 Å². The van der Waals surface area contributed by atoms with Crippen LogP contribution in [0, 0.1) is 11.8 Å². The number of hydrogen-bond acceptors (Lipinski definition) is 9. The first-order chi connectivity index (χ1) is 14.9. The number of Topliss-reactive ketones (excluding diaryl/α,β-unsaturated/α-hetero) is 2. The Kier molecular flexibility index (Phi) is 4.74. The molecule has 1 saturated carbocycles. The number of rotatable bonds is 2. The first-order valence-electron chi connectivity index (χ1n) is 10.0. The Morgan fingerprint density at radius 1 is 1.16 bits per heavy atom. The zero-order valence-electron chi connectivity index (χ0n) is 17.6. The van der Waals surface area contributed by atoms with Crippen LogP contribution in [0.4, 0.5) is 0 Å². The summed E-state index contributed by atoms with van der Waals surface area (Å²) in [6.45, 7) is 1.68. The zero-order chi connectivity index (χ0) is 23.9. The standard InChI is InChI=1S/C22H24N2O8/c1-7-8-5-4-6-9(25)11(8)16(26)12-10(7)17(27)14-15(24(2)3)18(28)13(21(23)31)20(30)22(14,32)19(12)29/h4-7,10,14-15,17,25-27,30,32H,1-3H3,(H2,23,31)/t7-,10?,14?,15-,17-,22-/m1/s1. The molecular weight excluding hydrogens is 420 g/mol. The summed E-state index contributed by atoms with van der Waals surface area (Å²) in [5.41, 5.74) is 1.47. The summed E-state index contributed by atoms with van der Waals surface area (Å²) in [6, 6.07) is 3.13. The van der Waals surface area contributed by atoms with E-state index in [-0.39, 0.29) is 11.3 Å². The molecule has 0 aromatic heterocycles. The highest BCUT2D eigenvalue weighted by Gasteiger charge is 2.68. The molecule has 0 aliphatic heterocycles. The lowest BCUT2D eigenvalue weighted by Gasteiger charge is -2.53. The van der Waals surface area contributed by atoms with Gasteiger partial charge < -0.3 is 31.3 Å². The Bertz CT molecular complexity index is 1140. The van der Waals surface area contributed by atoms with Crippen molar-refractivity contribution in [2.45, 2.75) is 30.6 Å². The van der Waals surface area contributed by atoms with Crippen molar-refractivity contribution in [2.75, 3.05) is 14.1 Å². The quantitative estimate of drug-likeness (QED) is 0.327. The van der Waals surface area contributed by atoms with Crippen LogP contribution < -0.4 is 5.73 Å². The second-order valence-electron chi connectivity index (χ2n) is 8.79. The maximum absolute atomic E-state index is 13.7. The summed E-state index contributed by atoms with van der Waals surface area (Å²) in [7, 11) is 2.92. The molecule has 1 fully saturated rings. The van der Waals surface area contributed by atoms with E-state index in [1.54, 1.807) is 19.1 Å². The fourth-order valence-corrected chi connectivity index (χ4v) is 5.58. The molecule has 0 radical (unpaired) electrons. The SMILES string of the molecule is C[C@@H]1c2cccc(O)c2C(O)=C2C(=O)[C@@]3(O)C(O)=C(C(N)=O)C(=O)[C@H](N(C)C)C3[C@H](O)C21. The molecule has 1 aromatic carbocycles. The number of likely N-dealkylation sites (N-methyl/N-ethyl adjacent to an activating group) is 1. The number of ketones is 2. The largest absolute Gasteiger partial charge is 0.508 e. The Morgan fingerprint density at radius 2 is 1.78 bits per heavy atom. The van der Waals surface area contributed by atoms with E-state index < -0.39 is 75.6 Å². The molecule has 1 amide bonds. The van der Waals surface area contributed by atoms with Crippen LogP contribution in [-0.4, -0.2) is 79.7 Å². The highest BCUT2D eigenvalue weighted by Crippen LogP contribution is 2.55. The van der Waals surface area contributed by atoms with Gasteiger partial charge in [-0.1, -0.05) is 19.1 Å². The van der Waals surface area contributed by atoms with Crippen molar-refractivity contribution in [3.8, 4) is 5.75 Å². The lowest BCUT2D eigenvalue weighted by molar-refractivity contribution is -0.169. The highest BCUT2D eigenvalue weighted by atomic mass is 16.4. The minimum atomic E-state index is -2.89. The summed E-state index contributed by atoms with van der Waals surface area (Å²) in [4.78, 5) is 40.0. The number of benzene rings is 1. The van der Waals surface area contributed by atoms with Gasteiger partial charge >= 0.3 is 0 Å². The van der Waals surface area contributed by atoms with Crippen molar-refractivity contribution in [3.63, 3.8) is 0 Å². The second kappa shape index (κ2) is 6.89. The second-order valence-corrected chi connectivity index (χ2v) is 8.79. The van der Waals surface area contributed by atoms with Gasteiger partial charge in [0.2, 0.25) is 5.78 Å². The molecule has 0 bridgehead atoms. The van der Waals surface area contributed by atoms with E-state index in [2.05, 4.69) is 0 Å². The minimum absolute atomic E-state index is 0.0245. The normalized spacial score (nSPS) is 34.4. The first-order valence-corrected chi connectivity index (χ1v) is 10.0.